The molecule has 3 heterocycles. The molecule has 1 aromatic carbocycles. The van der Waals surface area contributed by atoms with Crippen molar-refractivity contribution in [2.75, 3.05) is 14.1 Å². The molecule has 0 radical (unpaired) electrons. The van der Waals surface area contributed by atoms with Gasteiger partial charge in [-0.05, 0) is 96.3 Å². The summed E-state index contributed by atoms with van der Waals surface area (Å²) in [5, 5.41) is 0.984. The number of aliphatic imine (C=N–C) groups is 1. The third kappa shape index (κ3) is 4.62. The molecule has 1 unspecified atom stereocenters. The molecule has 6 nitrogen and oxygen atoms in total. The van der Waals surface area contributed by atoms with Gasteiger partial charge in [0, 0.05) is 35.5 Å². The van der Waals surface area contributed by atoms with Crippen molar-refractivity contribution < 1.29 is 9.53 Å². The Morgan fingerprint density at radius 1 is 1.12 bits per heavy atom. The van der Waals surface area contributed by atoms with Crippen LogP contribution in [0, 0.1) is 6.92 Å². The van der Waals surface area contributed by atoms with Gasteiger partial charge >= 0.3 is 6.09 Å². The van der Waals surface area contributed by atoms with Crippen LogP contribution >= 0.6 is 0 Å². The fraction of sp³-hybridized carbons (Fsp3) is 0.370. The van der Waals surface area contributed by atoms with E-state index in [1.165, 1.54) is 5.57 Å². The topological polar surface area (TPSA) is 59.7 Å². The number of carbonyl (C=O) groups is 1. The molecule has 0 fully saturated rings. The first-order chi connectivity index (χ1) is 15.5. The van der Waals surface area contributed by atoms with E-state index in [-0.39, 0.29) is 11.8 Å². The number of benzene rings is 1. The molecule has 1 aliphatic rings. The Bertz CT molecular complexity index is 1280. The number of dihydropyridines is 1. The van der Waals surface area contributed by atoms with E-state index in [0.29, 0.717) is 0 Å². The molecular weight excluding hydrogens is 412 g/mol. The van der Waals surface area contributed by atoms with Crippen molar-refractivity contribution in [1.82, 2.24) is 14.5 Å². The molecule has 0 N–H and O–H groups in total. The lowest BCUT2D eigenvalue weighted by Crippen LogP contribution is -2.40. The maximum Gasteiger partial charge on any atom is 0.419 e. The van der Waals surface area contributed by atoms with E-state index in [0.717, 1.165) is 39.8 Å². The molecule has 1 aliphatic heterocycles. The summed E-state index contributed by atoms with van der Waals surface area (Å²) in [5.41, 5.74) is 4.90. The number of aryl methyl sites for hydroxylation is 1. The predicted octanol–water partition coefficient (Wildman–Crippen LogP) is 5.93. The second kappa shape index (κ2) is 8.27. The van der Waals surface area contributed by atoms with Crippen molar-refractivity contribution in [2.45, 2.75) is 52.3 Å². The summed E-state index contributed by atoms with van der Waals surface area (Å²) >= 11 is 0. The lowest BCUT2D eigenvalue weighted by Gasteiger charge is -2.35. The Hall–Kier alpha value is -3.25. The zero-order valence-corrected chi connectivity index (χ0v) is 20.5. The number of rotatable bonds is 3. The molecule has 0 saturated heterocycles. The summed E-state index contributed by atoms with van der Waals surface area (Å²) in [4.78, 5) is 24.4. The van der Waals surface area contributed by atoms with Gasteiger partial charge in [0.05, 0.1) is 11.2 Å². The molecule has 172 valence electrons. The lowest BCUT2D eigenvalue weighted by molar-refractivity contribution is 0.0547. The second-order valence-corrected chi connectivity index (χ2v) is 10.1. The average molecular weight is 445 g/mol. The van der Waals surface area contributed by atoms with E-state index in [4.69, 9.17) is 4.74 Å². The van der Waals surface area contributed by atoms with Crippen LogP contribution in [0.3, 0.4) is 0 Å². The van der Waals surface area contributed by atoms with Crippen LogP contribution in [0.1, 0.15) is 45.4 Å². The monoisotopic (exact) mass is 444 g/mol. The third-order valence-corrected chi connectivity index (χ3v) is 6.06. The number of ether oxygens (including phenoxy) is 1. The van der Waals surface area contributed by atoms with E-state index in [2.05, 4.69) is 46.1 Å². The van der Waals surface area contributed by atoms with Crippen molar-refractivity contribution in [3.05, 3.63) is 59.9 Å². The minimum Gasteiger partial charge on any atom is -0.443 e. The predicted molar refractivity (Wildman–Crippen MR) is 135 cm³/mol. The number of aromatic nitrogens is 2. The minimum atomic E-state index is -0.595. The zero-order chi connectivity index (χ0) is 24.0. The number of hydrogen-bond acceptors (Lipinski definition) is 5. The number of hydrogen-bond donors (Lipinski definition) is 0. The van der Waals surface area contributed by atoms with E-state index in [1.807, 2.05) is 66.2 Å². The van der Waals surface area contributed by atoms with Crippen LogP contribution in [0.15, 0.2) is 53.7 Å². The van der Waals surface area contributed by atoms with Crippen molar-refractivity contribution in [1.29, 1.82) is 0 Å². The van der Waals surface area contributed by atoms with Crippen LogP contribution in [0.2, 0.25) is 0 Å². The van der Waals surface area contributed by atoms with Gasteiger partial charge in [0.25, 0.3) is 0 Å². The zero-order valence-electron chi connectivity index (χ0n) is 20.5. The summed E-state index contributed by atoms with van der Waals surface area (Å²) in [7, 11) is 4.10. The number of fused-ring (bicyclic) bond motifs is 1. The van der Waals surface area contributed by atoms with E-state index >= 15 is 0 Å². The first-order valence-electron chi connectivity index (χ1n) is 11.2. The van der Waals surface area contributed by atoms with Gasteiger partial charge in [-0.2, -0.15) is 0 Å². The maximum absolute atomic E-state index is 13.3. The molecular formula is C27H32N4O2. The molecule has 0 aliphatic carbocycles. The molecule has 3 aromatic rings. The van der Waals surface area contributed by atoms with E-state index in [9.17, 15) is 4.79 Å². The summed E-state index contributed by atoms with van der Waals surface area (Å²) in [6.07, 6.45) is 6.15. The number of pyridine rings is 1. The average Bonchev–Trinajstić information content (AvgIpc) is 3.11. The van der Waals surface area contributed by atoms with Crippen molar-refractivity contribution >= 4 is 28.8 Å². The Kier molecular flexibility index (Phi) is 5.74. The molecule has 0 saturated carbocycles. The Balaban J connectivity index is 1.84. The van der Waals surface area contributed by atoms with Crippen LogP contribution in [0.4, 0.5) is 4.79 Å². The highest BCUT2D eigenvalue weighted by molar-refractivity contribution is 5.98. The summed E-state index contributed by atoms with van der Waals surface area (Å²) in [5.74, 6) is 0. The number of carbonyl (C=O) groups excluding carboxylic acids is 1. The quantitative estimate of drug-likeness (QED) is 0.502. The fourth-order valence-electron chi connectivity index (χ4n) is 4.06. The molecule has 1 atom stereocenters. The second-order valence-electron chi connectivity index (χ2n) is 10.1. The molecule has 4 rings (SSSR count). The minimum absolute atomic E-state index is 0.277. The van der Waals surface area contributed by atoms with E-state index < -0.39 is 5.60 Å². The molecule has 33 heavy (non-hydrogen) atoms. The smallest absolute Gasteiger partial charge is 0.419 e. The summed E-state index contributed by atoms with van der Waals surface area (Å²) in [6.45, 7) is 9.72. The molecule has 0 bridgehead atoms. The van der Waals surface area contributed by atoms with E-state index in [1.54, 1.807) is 10.8 Å². The highest BCUT2D eigenvalue weighted by Crippen LogP contribution is 2.35. The van der Waals surface area contributed by atoms with Crippen molar-refractivity contribution in [3.8, 4) is 11.3 Å². The maximum atomic E-state index is 13.3. The lowest BCUT2D eigenvalue weighted by atomic mass is 9.92. The van der Waals surface area contributed by atoms with Gasteiger partial charge in [-0.1, -0.05) is 6.07 Å². The highest BCUT2D eigenvalue weighted by atomic mass is 16.6. The fourth-order valence-corrected chi connectivity index (χ4v) is 4.06. The third-order valence-electron chi connectivity index (χ3n) is 6.06. The van der Waals surface area contributed by atoms with Gasteiger partial charge in [0.15, 0.2) is 0 Å². The van der Waals surface area contributed by atoms with Gasteiger partial charge in [-0.25, -0.2) is 9.36 Å². The SMILES string of the molecule is Cc1cc(-c2cc3cc(C4=CC=NC(C)(N(C)C)C4)ccc3n2C(=O)OC(C)(C)C)ccn1. The van der Waals surface area contributed by atoms with Gasteiger partial charge in [-0.15, -0.1) is 0 Å². The van der Waals surface area contributed by atoms with Crippen LogP contribution in [-0.2, 0) is 4.74 Å². The Morgan fingerprint density at radius 3 is 2.55 bits per heavy atom. The molecule has 0 amide bonds. The van der Waals surface area contributed by atoms with Crippen molar-refractivity contribution in [2.24, 2.45) is 4.99 Å². The number of allylic oxidation sites excluding steroid dienone is 1. The van der Waals surface area contributed by atoms with Crippen LogP contribution < -0.4 is 0 Å². The molecule has 6 heteroatoms. The van der Waals surface area contributed by atoms with Gasteiger partial charge in [0.1, 0.15) is 11.3 Å². The Labute approximate surface area is 195 Å². The molecule has 0 spiro atoms. The van der Waals surface area contributed by atoms with Gasteiger partial charge in [0.2, 0.25) is 0 Å². The summed E-state index contributed by atoms with van der Waals surface area (Å²) < 4.78 is 7.42. The van der Waals surface area contributed by atoms with Gasteiger partial charge in [-0.3, -0.25) is 14.9 Å². The van der Waals surface area contributed by atoms with Crippen LogP contribution in [0.25, 0.3) is 27.7 Å². The molecule has 2 aromatic heterocycles. The summed E-state index contributed by atoms with van der Waals surface area (Å²) in [6, 6.07) is 12.2. The standard InChI is InChI=1S/C27H32N4O2/c1-18-14-20(10-12-28-18)24-16-22-15-19(21-11-13-29-27(5,17-21)30(6)7)8-9-23(22)31(24)25(32)33-26(2,3)4/h8-16H,17H2,1-7H3. The van der Waals surface area contributed by atoms with Crippen LogP contribution in [0.5, 0.6) is 0 Å². The normalized spacial score (nSPS) is 18.6. The van der Waals surface area contributed by atoms with Crippen LogP contribution in [-0.4, -0.2) is 52.1 Å². The largest absolute Gasteiger partial charge is 0.443 e. The number of nitrogens with zero attached hydrogens (tertiary/aromatic N) is 4. The first-order valence-corrected chi connectivity index (χ1v) is 11.2. The highest BCUT2D eigenvalue weighted by Gasteiger charge is 2.29. The van der Waals surface area contributed by atoms with Crippen molar-refractivity contribution in [3.63, 3.8) is 0 Å². The van der Waals surface area contributed by atoms with Gasteiger partial charge < -0.3 is 4.74 Å². The first kappa shape index (κ1) is 22.9. The Morgan fingerprint density at radius 2 is 1.88 bits per heavy atom.